The molecule has 0 aliphatic carbocycles. The lowest BCUT2D eigenvalue weighted by molar-refractivity contribution is 0.225. The smallest absolute Gasteiger partial charge is 0.512 e. The molecule has 0 bridgehead atoms. The highest BCUT2D eigenvalue weighted by Gasteiger charge is 2.38. The third kappa shape index (κ3) is 6.82. The van der Waals surface area contributed by atoms with Crippen LogP contribution in [-0.2, 0) is 8.85 Å². The molecule has 7 heteroatoms. The molecule has 108 valence electrons. The fourth-order valence-corrected chi connectivity index (χ4v) is 3.38. The molecule has 0 amide bonds. The van der Waals surface area contributed by atoms with E-state index in [4.69, 9.17) is 42.1 Å². The molecule has 0 rings (SSSR count). The quantitative estimate of drug-likeness (QED) is 0.367. The zero-order valence-corrected chi connectivity index (χ0v) is 16.2. The van der Waals surface area contributed by atoms with Crippen LogP contribution in [0.4, 0.5) is 0 Å². The molecule has 0 fully saturated rings. The summed E-state index contributed by atoms with van der Waals surface area (Å²) in [7, 11) is -1.76. The van der Waals surface area contributed by atoms with E-state index in [9.17, 15) is 0 Å². The van der Waals surface area contributed by atoms with Crippen molar-refractivity contribution < 1.29 is 8.85 Å². The third-order valence-electron chi connectivity index (χ3n) is 3.30. The molecule has 0 aliphatic rings. The van der Waals surface area contributed by atoms with E-state index in [2.05, 4.69) is 40.4 Å². The molecular formula is C11H23Cl3O2Si2. The second kappa shape index (κ2) is 6.50. The highest BCUT2D eigenvalue weighted by molar-refractivity contribution is 7.62. The van der Waals surface area contributed by atoms with Gasteiger partial charge in [0.2, 0.25) is 0 Å². The maximum Gasteiger partial charge on any atom is 0.555 e. The molecule has 1 atom stereocenters. The molecule has 0 aliphatic heterocycles. The second-order valence-electron chi connectivity index (χ2n) is 5.99. The highest BCUT2D eigenvalue weighted by atomic mass is 35.8. The molecule has 0 saturated carbocycles. The average Bonchev–Trinajstić information content (AvgIpc) is 2.09. The van der Waals surface area contributed by atoms with E-state index in [0.717, 1.165) is 0 Å². The Bertz CT molecular complexity index is 296. The number of hydrogen-bond donors (Lipinski definition) is 0. The maximum atomic E-state index is 6.08. The Kier molecular flexibility index (Phi) is 6.79. The molecule has 0 spiro atoms. The summed E-state index contributed by atoms with van der Waals surface area (Å²) < 4.78 is 11.3. The molecule has 2 nitrogen and oxygen atoms in total. The summed E-state index contributed by atoms with van der Waals surface area (Å²) in [6.45, 7) is 17.3. The standard InChI is InChI=1S/C11H23Cl3O2Si2/c1-9(10(2)16-18(12,13)14)8-15-17(6,7)11(3,4)5/h9H,2,8H2,1,3-7H3/t9-/m0/s1. The first kappa shape index (κ1) is 18.8. The molecule has 0 N–H and O–H groups in total. The van der Waals surface area contributed by atoms with E-state index in [0.29, 0.717) is 12.4 Å². The summed E-state index contributed by atoms with van der Waals surface area (Å²) >= 11 is 17.1. The van der Waals surface area contributed by atoms with Gasteiger partial charge in [0.05, 0.1) is 5.76 Å². The minimum absolute atomic E-state index is 0.0160. The first-order valence-corrected chi connectivity index (χ1v) is 13.7. The summed E-state index contributed by atoms with van der Waals surface area (Å²) in [5.74, 6) is 0.502. The monoisotopic (exact) mass is 348 g/mol. The molecule has 0 saturated heterocycles. The highest BCUT2D eigenvalue weighted by Crippen LogP contribution is 2.37. The first-order valence-electron chi connectivity index (χ1n) is 5.85. The minimum Gasteiger partial charge on any atom is -0.512 e. The van der Waals surface area contributed by atoms with E-state index in [1.807, 2.05) is 6.92 Å². The van der Waals surface area contributed by atoms with E-state index in [-0.39, 0.29) is 11.0 Å². The van der Waals surface area contributed by atoms with Gasteiger partial charge in [-0.05, 0) is 18.1 Å². The van der Waals surface area contributed by atoms with Crippen LogP contribution in [0.5, 0.6) is 0 Å². The topological polar surface area (TPSA) is 18.5 Å². The summed E-state index contributed by atoms with van der Waals surface area (Å²) in [4.78, 5) is 0. The summed E-state index contributed by atoms with van der Waals surface area (Å²) in [6.07, 6.45) is -3.12. The van der Waals surface area contributed by atoms with Gasteiger partial charge in [0.1, 0.15) is 0 Å². The van der Waals surface area contributed by atoms with E-state index >= 15 is 0 Å². The van der Waals surface area contributed by atoms with Crippen molar-refractivity contribution in [2.75, 3.05) is 6.61 Å². The van der Waals surface area contributed by atoms with Crippen molar-refractivity contribution in [3.05, 3.63) is 12.3 Å². The van der Waals surface area contributed by atoms with Crippen LogP contribution in [-0.4, -0.2) is 21.2 Å². The Morgan fingerprint density at radius 2 is 1.67 bits per heavy atom. The van der Waals surface area contributed by atoms with Crippen LogP contribution in [0.2, 0.25) is 18.1 Å². The van der Waals surface area contributed by atoms with Crippen molar-refractivity contribution in [3.8, 4) is 0 Å². The van der Waals surface area contributed by atoms with Crippen LogP contribution >= 0.6 is 33.2 Å². The summed E-state index contributed by atoms with van der Waals surface area (Å²) in [6, 6.07) is 0. The van der Waals surface area contributed by atoms with Gasteiger partial charge in [-0.2, -0.15) is 0 Å². The normalized spacial score (nSPS) is 15.4. The van der Waals surface area contributed by atoms with Crippen LogP contribution in [0.3, 0.4) is 0 Å². The van der Waals surface area contributed by atoms with Gasteiger partial charge in [-0.3, -0.25) is 0 Å². The molecule has 0 unspecified atom stereocenters. The van der Waals surface area contributed by atoms with Crippen molar-refractivity contribution in [1.82, 2.24) is 0 Å². The molecule has 18 heavy (non-hydrogen) atoms. The van der Waals surface area contributed by atoms with Crippen molar-refractivity contribution in [3.63, 3.8) is 0 Å². The first-order chi connectivity index (χ1) is 7.76. The second-order valence-corrected chi connectivity index (χ2v) is 18.4. The average molecular weight is 350 g/mol. The third-order valence-corrected chi connectivity index (χ3v) is 8.99. The van der Waals surface area contributed by atoms with Crippen LogP contribution in [0, 0.1) is 5.92 Å². The Labute approximate surface area is 127 Å². The van der Waals surface area contributed by atoms with E-state index in [1.165, 1.54) is 0 Å². The van der Waals surface area contributed by atoms with Gasteiger partial charge < -0.3 is 8.85 Å². The van der Waals surface area contributed by atoms with Crippen LogP contribution < -0.4 is 0 Å². The number of hydrogen-bond acceptors (Lipinski definition) is 2. The van der Waals surface area contributed by atoms with E-state index < -0.39 is 14.6 Å². The summed E-state index contributed by atoms with van der Waals surface area (Å²) in [5.41, 5.74) is 0. The zero-order chi connectivity index (χ0) is 14.8. The SMILES string of the molecule is C=C(O[Si](Cl)(Cl)Cl)[C@@H](C)CO[Si](C)(C)C(C)(C)C. The van der Waals surface area contributed by atoms with Crippen LogP contribution in [0.25, 0.3) is 0 Å². The number of halogens is 3. The van der Waals surface area contributed by atoms with Gasteiger partial charge >= 0.3 is 6.25 Å². The van der Waals surface area contributed by atoms with Gasteiger partial charge in [-0.1, -0.05) is 67.5 Å². The van der Waals surface area contributed by atoms with Crippen LogP contribution in [0.1, 0.15) is 27.7 Å². The van der Waals surface area contributed by atoms with Gasteiger partial charge in [0, 0.05) is 12.5 Å². The molecular weight excluding hydrogens is 327 g/mol. The minimum atomic E-state index is -3.12. The van der Waals surface area contributed by atoms with Gasteiger partial charge in [-0.25, -0.2) is 0 Å². The van der Waals surface area contributed by atoms with Crippen molar-refractivity contribution in [2.24, 2.45) is 5.92 Å². The van der Waals surface area contributed by atoms with Gasteiger partial charge in [-0.15, -0.1) is 0 Å². The predicted octanol–water partition coefficient (Wildman–Crippen LogP) is 5.33. The van der Waals surface area contributed by atoms with E-state index in [1.54, 1.807) is 0 Å². The fourth-order valence-electron chi connectivity index (χ4n) is 0.892. The van der Waals surface area contributed by atoms with Crippen molar-refractivity contribution in [1.29, 1.82) is 0 Å². The summed E-state index contributed by atoms with van der Waals surface area (Å²) in [5, 5.41) is 0.179. The Balaban J connectivity index is 4.35. The van der Waals surface area contributed by atoms with Crippen molar-refractivity contribution in [2.45, 2.75) is 45.8 Å². The number of rotatable bonds is 6. The molecule has 0 radical (unpaired) electrons. The zero-order valence-electron chi connectivity index (χ0n) is 11.9. The van der Waals surface area contributed by atoms with Crippen molar-refractivity contribution >= 4 is 47.8 Å². The lowest BCUT2D eigenvalue weighted by Crippen LogP contribution is -2.42. The Morgan fingerprint density at radius 1 is 1.22 bits per heavy atom. The lowest BCUT2D eigenvalue weighted by atomic mass is 10.2. The molecule has 0 aromatic heterocycles. The largest absolute Gasteiger partial charge is 0.555 e. The molecule has 0 aromatic rings. The predicted molar refractivity (Wildman–Crippen MR) is 85.9 cm³/mol. The van der Waals surface area contributed by atoms with Gasteiger partial charge in [0.25, 0.3) is 0 Å². The van der Waals surface area contributed by atoms with Crippen LogP contribution in [0.15, 0.2) is 12.3 Å². The fraction of sp³-hybridized carbons (Fsp3) is 0.818. The Morgan fingerprint density at radius 3 is 2.00 bits per heavy atom. The Hall–Kier alpha value is 0.804. The molecule has 0 aromatic carbocycles. The van der Waals surface area contributed by atoms with Gasteiger partial charge in [0.15, 0.2) is 8.32 Å². The molecule has 0 heterocycles. The maximum absolute atomic E-state index is 6.08. The lowest BCUT2D eigenvalue weighted by Gasteiger charge is -2.37.